The largest absolute Gasteiger partial charge is 0.447 e. The molecule has 7 nitrogen and oxygen atoms in total. The van der Waals surface area contributed by atoms with E-state index in [2.05, 4.69) is 10.1 Å². The number of carbonyl (C=O) groups is 2. The minimum absolute atomic E-state index is 0.101. The zero-order valence-corrected chi connectivity index (χ0v) is 15.4. The van der Waals surface area contributed by atoms with Crippen LogP contribution in [0.25, 0.3) is 17.1 Å². The van der Waals surface area contributed by atoms with Crippen molar-refractivity contribution in [2.45, 2.75) is 13.0 Å². The van der Waals surface area contributed by atoms with Crippen LogP contribution in [-0.4, -0.2) is 51.7 Å². The van der Waals surface area contributed by atoms with Gasteiger partial charge in [0.1, 0.15) is 0 Å². The number of likely N-dealkylation sites (N-methyl/N-ethyl adjacent to an activating group) is 1. The molecule has 0 N–H and O–H groups in total. The molecule has 1 heterocycles. The van der Waals surface area contributed by atoms with Crippen LogP contribution in [0.5, 0.6) is 0 Å². The number of rotatable bonds is 5. The van der Waals surface area contributed by atoms with Gasteiger partial charge in [-0.25, -0.2) is 14.5 Å². The Kier molecular flexibility index (Phi) is 5.30. The summed E-state index contributed by atoms with van der Waals surface area (Å²) in [5, 5.41) is 4.32. The normalized spacial score (nSPS) is 11.7. The van der Waals surface area contributed by atoms with Crippen LogP contribution in [0.3, 0.4) is 0 Å². The Balaban J connectivity index is 1.97. The van der Waals surface area contributed by atoms with Crippen LogP contribution in [0.1, 0.15) is 17.5 Å². The Morgan fingerprint density at radius 2 is 1.59 bits per heavy atom. The number of carbonyl (C=O) groups excluding carboxylic acids is 2. The van der Waals surface area contributed by atoms with Crippen LogP contribution < -0.4 is 0 Å². The fourth-order valence-corrected chi connectivity index (χ4v) is 2.55. The molecule has 1 aromatic heterocycles. The Hall–Kier alpha value is -3.48. The maximum absolute atomic E-state index is 12.5. The highest BCUT2D eigenvalue weighted by molar-refractivity contribution is 5.89. The quantitative estimate of drug-likeness (QED) is 0.650. The highest BCUT2D eigenvalue weighted by Crippen LogP contribution is 2.21. The van der Waals surface area contributed by atoms with E-state index in [1.807, 2.05) is 60.7 Å². The highest BCUT2D eigenvalue weighted by atomic mass is 16.5. The van der Waals surface area contributed by atoms with E-state index < -0.39 is 12.1 Å². The van der Waals surface area contributed by atoms with Crippen LogP contribution in [0.4, 0.5) is 0 Å². The number of aromatic nitrogens is 3. The first-order chi connectivity index (χ1) is 13.0. The monoisotopic (exact) mass is 364 g/mol. The molecule has 0 aliphatic rings. The fourth-order valence-electron chi connectivity index (χ4n) is 2.55. The summed E-state index contributed by atoms with van der Waals surface area (Å²) in [5.41, 5.74) is 1.57. The molecular weight excluding hydrogens is 344 g/mol. The van der Waals surface area contributed by atoms with Crippen LogP contribution in [0, 0.1) is 0 Å². The van der Waals surface area contributed by atoms with E-state index in [0.29, 0.717) is 5.82 Å². The molecule has 138 valence electrons. The van der Waals surface area contributed by atoms with Crippen molar-refractivity contribution < 1.29 is 14.3 Å². The third kappa shape index (κ3) is 4.03. The van der Waals surface area contributed by atoms with Gasteiger partial charge in [-0.05, 0) is 19.1 Å². The van der Waals surface area contributed by atoms with Crippen molar-refractivity contribution in [2.24, 2.45) is 0 Å². The topological polar surface area (TPSA) is 77.3 Å². The molecule has 0 saturated heterocycles. The second kappa shape index (κ2) is 7.82. The summed E-state index contributed by atoms with van der Waals surface area (Å²) >= 11 is 0. The fraction of sp³-hybridized carbons (Fsp3) is 0.200. The number of ether oxygens (including phenoxy) is 1. The molecule has 0 saturated carbocycles. The predicted octanol–water partition coefficient (Wildman–Crippen LogP) is 2.57. The third-order valence-electron chi connectivity index (χ3n) is 3.89. The van der Waals surface area contributed by atoms with Crippen molar-refractivity contribution in [1.29, 1.82) is 0 Å². The van der Waals surface area contributed by atoms with Gasteiger partial charge in [0.25, 0.3) is 11.7 Å². The SMILES string of the molecule is C[C@H](OC(=O)c1nc(-c2ccccc2)n(-c2ccccc2)n1)C(=O)N(C)C. The molecular formula is C20H20N4O3. The smallest absolute Gasteiger partial charge is 0.379 e. The molecule has 2 aromatic carbocycles. The van der Waals surface area contributed by atoms with Crippen molar-refractivity contribution in [2.75, 3.05) is 14.1 Å². The van der Waals surface area contributed by atoms with Gasteiger partial charge >= 0.3 is 5.97 Å². The second-order valence-corrected chi connectivity index (χ2v) is 6.15. The lowest BCUT2D eigenvalue weighted by Crippen LogP contribution is -2.35. The molecule has 0 spiro atoms. The predicted molar refractivity (Wildman–Crippen MR) is 100 cm³/mol. The molecule has 3 aromatic rings. The van der Waals surface area contributed by atoms with Crippen molar-refractivity contribution >= 4 is 11.9 Å². The standard InChI is InChI=1S/C20H20N4O3/c1-14(19(25)23(2)3)27-20(26)17-21-18(15-10-6-4-7-11-15)24(22-17)16-12-8-5-9-13-16/h4-14H,1-3H3/t14-/m0/s1. The zero-order chi connectivity index (χ0) is 19.4. The number of nitrogens with zero attached hydrogens (tertiary/aromatic N) is 4. The third-order valence-corrected chi connectivity index (χ3v) is 3.89. The van der Waals surface area contributed by atoms with E-state index in [1.54, 1.807) is 18.8 Å². The molecule has 7 heteroatoms. The van der Waals surface area contributed by atoms with Crippen molar-refractivity contribution in [1.82, 2.24) is 19.7 Å². The van der Waals surface area contributed by atoms with Gasteiger partial charge in [0, 0.05) is 19.7 Å². The van der Waals surface area contributed by atoms with Gasteiger partial charge in [0.05, 0.1) is 5.69 Å². The molecule has 0 aliphatic carbocycles. The summed E-state index contributed by atoms with van der Waals surface area (Å²) in [5.74, 6) is -0.643. The number of hydrogen-bond acceptors (Lipinski definition) is 5. The average Bonchev–Trinajstić information content (AvgIpc) is 3.14. The molecule has 0 bridgehead atoms. The number of hydrogen-bond donors (Lipinski definition) is 0. The lowest BCUT2D eigenvalue weighted by Gasteiger charge is -2.16. The molecule has 1 amide bonds. The molecule has 0 aliphatic heterocycles. The zero-order valence-electron chi connectivity index (χ0n) is 15.4. The van der Waals surface area contributed by atoms with Crippen molar-refractivity contribution in [3.63, 3.8) is 0 Å². The Morgan fingerprint density at radius 1 is 1.00 bits per heavy atom. The van der Waals surface area contributed by atoms with Crippen molar-refractivity contribution in [3.8, 4) is 17.1 Å². The van der Waals surface area contributed by atoms with E-state index in [1.165, 1.54) is 11.8 Å². The van der Waals surface area contributed by atoms with E-state index in [0.717, 1.165) is 11.3 Å². The summed E-state index contributed by atoms with van der Waals surface area (Å²) < 4.78 is 6.82. The maximum atomic E-state index is 12.5. The minimum Gasteiger partial charge on any atom is -0.447 e. The van der Waals surface area contributed by atoms with E-state index in [4.69, 9.17) is 4.74 Å². The van der Waals surface area contributed by atoms with Gasteiger partial charge in [-0.15, -0.1) is 5.10 Å². The van der Waals surface area contributed by atoms with Crippen LogP contribution in [0.15, 0.2) is 60.7 Å². The van der Waals surface area contributed by atoms with Gasteiger partial charge in [-0.2, -0.15) is 0 Å². The molecule has 1 atom stereocenters. The number of amides is 1. The van der Waals surface area contributed by atoms with E-state index >= 15 is 0 Å². The van der Waals surface area contributed by atoms with Gasteiger partial charge in [-0.3, -0.25) is 4.79 Å². The van der Waals surface area contributed by atoms with E-state index in [-0.39, 0.29) is 11.7 Å². The first-order valence-corrected chi connectivity index (χ1v) is 8.47. The second-order valence-electron chi connectivity index (χ2n) is 6.15. The molecule has 0 unspecified atom stereocenters. The van der Waals surface area contributed by atoms with Crippen LogP contribution in [-0.2, 0) is 9.53 Å². The van der Waals surface area contributed by atoms with Gasteiger partial charge in [-0.1, -0.05) is 48.5 Å². The minimum atomic E-state index is -0.920. The van der Waals surface area contributed by atoms with Gasteiger partial charge in [0.2, 0.25) is 0 Å². The lowest BCUT2D eigenvalue weighted by atomic mass is 10.2. The Labute approximate surface area is 157 Å². The summed E-state index contributed by atoms with van der Waals surface area (Å²) in [6.07, 6.45) is -0.920. The maximum Gasteiger partial charge on any atom is 0.379 e. The van der Waals surface area contributed by atoms with E-state index in [9.17, 15) is 9.59 Å². The van der Waals surface area contributed by atoms with Gasteiger partial charge in [0.15, 0.2) is 11.9 Å². The number of benzene rings is 2. The summed E-state index contributed by atoms with van der Waals surface area (Å²) in [6, 6.07) is 18.8. The van der Waals surface area contributed by atoms with Crippen LogP contribution in [0.2, 0.25) is 0 Å². The molecule has 3 rings (SSSR count). The van der Waals surface area contributed by atoms with Gasteiger partial charge < -0.3 is 9.64 Å². The summed E-state index contributed by atoms with van der Waals surface area (Å²) in [4.78, 5) is 30.1. The number of para-hydroxylation sites is 1. The first-order valence-electron chi connectivity index (χ1n) is 8.47. The summed E-state index contributed by atoms with van der Waals surface area (Å²) in [6.45, 7) is 1.52. The highest BCUT2D eigenvalue weighted by Gasteiger charge is 2.25. The molecule has 0 radical (unpaired) electrons. The van der Waals surface area contributed by atoms with Crippen molar-refractivity contribution in [3.05, 3.63) is 66.5 Å². The average molecular weight is 364 g/mol. The lowest BCUT2D eigenvalue weighted by molar-refractivity contribution is -0.137. The Morgan fingerprint density at radius 3 is 2.19 bits per heavy atom. The number of esters is 1. The van der Waals surface area contributed by atoms with Crippen LogP contribution >= 0.6 is 0 Å². The molecule has 0 fully saturated rings. The Bertz CT molecular complexity index is 879. The molecule has 27 heavy (non-hydrogen) atoms. The first kappa shape index (κ1) is 18.3. The summed E-state index contributed by atoms with van der Waals surface area (Å²) in [7, 11) is 3.20.